The fourth-order valence-corrected chi connectivity index (χ4v) is 5.15. The van der Waals surface area contributed by atoms with Crippen molar-refractivity contribution in [1.29, 1.82) is 0 Å². The van der Waals surface area contributed by atoms with Gasteiger partial charge in [0.2, 0.25) is 0 Å². The van der Waals surface area contributed by atoms with Crippen LogP contribution in [-0.4, -0.2) is 61.8 Å². The van der Waals surface area contributed by atoms with Crippen molar-refractivity contribution >= 4 is 11.8 Å². The summed E-state index contributed by atoms with van der Waals surface area (Å²) in [6, 6.07) is 0. The molecule has 0 aliphatic carbocycles. The number of carbonyl (C=O) groups excluding carboxylic acids is 2. The van der Waals surface area contributed by atoms with Crippen LogP contribution in [0.5, 0.6) is 0 Å². The largest absolute Gasteiger partial charge is 0.471 e. The van der Waals surface area contributed by atoms with Crippen molar-refractivity contribution in [3.63, 3.8) is 0 Å². The lowest BCUT2D eigenvalue weighted by molar-refractivity contribution is -0.173. The highest BCUT2D eigenvalue weighted by Gasteiger charge is 2.38. The summed E-state index contributed by atoms with van der Waals surface area (Å²) in [5, 5.41) is 3.80. The lowest BCUT2D eigenvalue weighted by Gasteiger charge is -2.22. The highest BCUT2D eigenvalue weighted by molar-refractivity contribution is 5.81. The van der Waals surface area contributed by atoms with Crippen molar-refractivity contribution in [2.75, 3.05) is 32.7 Å². The predicted octanol–water partition coefficient (Wildman–Crippen LogP) is 9.80. The smallest absolute Gasteiger partial charge is 0.348 e. The molecule has 0 aromatic heterocycles. The molecule has 0 aliphatic rings. The van der Waals surface area contributed by atoms with Gasteiger partial charge in [-0.1, -0.05) is 103 Å². The Kier molecular flexibility index (Phi) is 27.3. The van der Waals surface area contributed by atoms with E-state index in [1.165, 1.54) is 77.0 Å². The van der Waals surface area contributed by atoms with Gasteiger partial charge in [0.05, 0.1) is 0 Å². The molecule has 2 N–H and O–H groups in total. The molecule has 0 heterocycles. The number of nitrogens with zero attached hydrogens (tertiary/aromatic N) is 1. The SMILES string of the molecule is CCCCCCCC/C=C\CCCCCCCCN(CCCCCCNC(=O)C(F)(F)F)CCCCCCNC(=O)C(F)(F)F. The van der Waals surface area contributed by atoms with E-state index in [1.807, 2.05) is 10.6 Å². The summed E-state index contributed by atoms with van der Waals surface area (Å²) in [5.74, 6) is -3.79. The molecule has 0 rings (SSSR count). The average molecular weight is 658 g/mol. The zero-order chi connectivity index (χ0) is 33.7. The van der Waals surface area contributed by atoms with Crippen molar-refractivity contribution in [3.05, 3.63) is 12.2 Å². The third-order valence-corrected chi connectivity index (χ3v) is 7.87. The maximum Gasteiger partial charge on any atom is 0.471 e. The molecule has 0 unspecified atom stereocenters. The molecule has 0 aliphatic heterocycles. The molecule has 0 radical (unpaired) electrons. The lowest BCUT2D eigenvalue weighted by Crippen LogP contribution is -2.37. The molecule has 45 heavy (non-hydrogen) atoms. The van der Waals surface area contributed by atoms with Gasteiger partial charge in [0.15, 0.2) is 0 Å². The quantitative estimate of drug-likeness (QED) is 0.0459. The molecule has 0 fully saturated rings. The molecular formula is C34H61F6N3O2. The van der Waals surface area contributed by atoms with Gasteiger partial charge in [-0.05, 0) is 77.4 Å². The maximum atomic E-state index is 12.3. The van der Waals surface area contributed by atoms with Crippen LogP contribution in [0, 0.1) is 0 Å². The van der Waals surface area contributed by atoms with E-state index < -0.39 is 24.2 Å². The number of halogens is 6. The zero-order valence-corrected chi connectivity index (χ0v) is 27.8. The fraction of sp³-hybridized carbons (Fsp3) is 0.882. The first-order valence-corrected chi connectivity index (χ1v) is 17.6. The van der Waals surface area contributed by atoms with Gasteiger partial charge in [0.25, 0.3) is 0 Å². The molecule has 266 valence electrons. The van der Waals surface area contributed by atoms with Crippen LogP contribution in [0.15, 0.2) is 12.2 Å². The number of carbonyl (C=O) groups is 2. The number of allylic oxidation sites excluding steroid dienone is 2. The summed E-state index contributed by atoms with van der Waals surface area (Å²) in [7, 11) is 0. The highest BCUT2D eigenvalue weighted by Crippen LogP contribution is 2.16. The monoisotopic (exact) mass is 657 g/mol. The van der Waals surface area contributed by atoms with Gasteiger partial charge in [-0.3, -0.25) is 9.59 Å². The number of nitrogens with one attached hydrogen (secondary N) is 2. The molecule has 0 saturated heterocycles. The Hall–Kier alpha value is -1.78. The maximum absolute atomic E-state index is 12.3. The average Bonchev–Trinajstić information content (AvgIpc) is 2.98. The Balaban J connectivity index is 4.10. The van der Waals surface area contributed by atoms with E-state index >= 15 is 0 Å². The van der Waals surface area contributed by atoms with Crippen LogP contribution >= 0.6 is 0 Å². The molecule has 0 spiro atoms. The van der Waals surface area contributed by atoms with Crippen molar-refractivity contribution in [2.45, 2.75) is 161 Å². The number of hydrogen-bond donors (Lipinski definition) is 2. The van der Waals surface area contributed by atoms with E-state index in [4.69, 9.17) is 0 Å². The Labute approximate surface area is 268 Å². The van der Waals surface area contributed by atoms with Crippen LogP contribution < -0.4 is 10.6 Å². The van der Waals surface area contributed by atoms with Gasteiger partial charge in [-0.15, -0.1) is 0 Å². The Bertz CT molecular complexity index is 704. The second kappa shape index (κ2) is 28.4. The minimum atomic E-state index is -4.85. The van der Waals surface area contributed by atoms with Gasteiger partial charge in [0.1, 0.15) is 0 Å². The summed E-state index contributed by atoms with van der Waals surface area (Å²) in [4.78, 5) is 24.2. The van der Waals surface area contributed by atoms with Gasteiger partial charge < -0.3 is 15.5 Å². The van der Waals surface area contributed by atoms with E-state index in [9.17, 15) is 35.9 Å². The predicted molar refractivity (Wildman–Crippen MR) is 171 cm³/mol. The fourth-order valence-electron chi connectivity index (χ4n) is 5.15. The van der Waals surface area contributed by atoms with Gasteiger partial charge >= 0.3 is 24.2 Å². The molecular weight excluding hydrogens is 596 g/mol. The molecule has 0 saturated carbocycles. The van der Waals surface area contributed by atoms with E-state index in [2.05, 4.69) is 24.0 Å². The van der Waals surface area contributed by atoms with E-state index in [-0.39, 0.29) is 13.1 Å². The van der Waals surface area contributed by atoms with Gasteiger partial charge in [0, 0.05) is 13.1 Å². The number of unbranched alkanes of at least 4 members (excludes halogenated alkanes) is 18. The second-order valence-corrected chi connectivity index (χ2v) is 12.1. The van der Waals surface area contributed by atoms with E-state index in [1.54, 1.807) is 0 Å². The van der Waals surface area contributed by atoms with Crippen molar-refractivity contribution in [1.82, 2.24) is 15.5 Å². The number of hydrogen-bond acceptors (Lipinski definition) is 3. The summed E-state index contributed by atoms with van der Waals surface area (Å²) in [5.41, 5.74) is 0. The van der Waals surface area contributed by atoms with Crippen LogP contribution in [0.2, 0.25) is 0 Å². The van der Waals surface area contributed by atoms with Crippen LogP contribution in [0.3, 0.4) is 0 Å². The third kappa shape index (κ3) is 29.4. The van der Waals surface area contributed by atoms with Crippen LogP contribution in [-0.2, 0) is 9.59 Å². The van der Waals surface area contributed by atoms with Gasteiger partial charge in [-0.25, -0.2) is 0 Å². The minimum absolute atomic E-state index is 0.0148. The first-order chi connectivity index (χ1) is 21.5. The van der Waals surface area contributed by atoms with Crippen molar-refractivity contribution in [2.24, 2.45) is 0 Å². The second-order valence-electron chi connectivity index (χ2n) is 12.1. The van der Waals surface area contributed by atoms with Crippen LogP contribution in [0.25, 0.3) is 0 Å². The van der Waals surface area contributed by atoms with E-state index in [0.717, 1.165) is 71.0 Å². The summed E-state index contributed by atoms with van der Waals surface area (Å²) in [6.07, 6.45) is 18.6. The summed E-state index contributed by atoms with van der Waals surface area (Å²) < 4.78 is 73.5. The van der Waals surface area contributed by atoms with Crippen LogP contribution in [0.1, 0.15) is 148 Å². The number of rotatable bonds is 30. The lowest BCUT2D eigenvalue weighted by atomic mass is 10.1. The topological polar surface area (TPSA) is 61.4 Å². The minimum Gasteiger partial charge on any atom is -0.348 e. The zero-order valence-electron chi connectivity index (χ0n) is 27.8. The van der Waals surface area contributed by atoms with Crippen molar-refractivity contribution < 1.29 is 35.9 Å². The Morgan fingerprint density at radius 1 is 0.489 bits per heavy atom. The van der Waals surface area contributed by atoms with E-state index in [0.29, 0.717) is 12.8 Å². The normalized spacial score (nSPS) is 12.4. The highest BCUT2D eigenvalue weighted by atomic mass is 19.4. The van der Waals surface area contributed by atoms with Crippen molar-refractivity contribution in [3.8, 4) is 0 Å². The molecule has 0 aromatic rings. The van der Waals surface area contributed by atoms with Crippen LogP contribution in [0.4, 0.5) is 26.3 Å². The van der Waals surface area contributed by atoms with Gasteiger partial charge in [-0.2, -0.15) is 26.3 Å². The first kappa shape index (κ1) is 43.2. The molecule has 0 bridgehead atoms. The number of amides is 2. The Morgan fingerprint density at radius 2 is 0.800 bits per heavy atom. The third-order valence-electron chi connectivity index (χ3n) is 7.87. The molecule has 0 atom stereocenters. The summed E-state index contributed by atoms with van der Waals surface area (Å²) in [6.45, 7) is 5.03. The summed E-state index contributed by atoms with van der Waals surface area (Å²) >= 11 is 0. The molecule has 11 heteroatoms. The first-order valence-electron chi connectivity index (χ1n) is 17.6. The Morgan fingerprint density at radius 3 is 1.16 bits per heavy atom. The number of alkyl halides is 6. The molecule has 0 aromatic carbocycles. The standard InChI is InChI=1S/C34H61F6N3O2/c1-2-3-4-5-6-7-8-9-10-11-12-13-14-15-18-23-28-43(29-24-19-16-21-26-41-31(44)33(35,36)37)30-25-20-17-22-27-42-32(45)34(38,39)40/h9-10H,2-8,11-30H2,1H3,(H,41,44)(H,42,45)/b10-9-. The molecule has 2 amide bonds. The molecule has 5 nitrogen and oxygen atoms in total.